The first-order chi connectivity index (χ1) is 12.5. The number of guanidine groups is 1. The van der Waals surface area contributed by atoms with Crippen molar-refractivity contribution >= 4 is 35.8 Å². The van der Waals surface area contributed by atoms with Crippen LogP contribution in [0.3, 0.4) is 0 Å². The van der Waals surface area contributed by atoms with E-state index in [1.54, 1.807) is 12.3 Å². The zero-order valence-electron chi connectivity index (χ0n) is 16.9. The molecule has 1 aromatic heterocycles. The predicted molar refractivity (Wildman–Crippen MR) is 122 cm³/mol. The second-order valence-electron chi connectivity index (χ2n) is 6.88. The Morgan fingerprint density at radius 3 is 2.93 bits per heavy atom. The van der Waals surface area contributed by atoms with Crippen molar-refractivity contribution in [2.75, 3.05) is 44.7 Å². The van der Waals surface area contributed by atoms with Crippen LogP contribution >= 0.6 is 24.0 Å². The molecule has 0 radical (unpaired) electrons. The first kappa shape index (κ1) is 23.9. The second kappa shape index (κ2) is 12.3. The van der Waals surface area contributed by atoms with E-state index in [-0.39, 0.29) is 35.8 Å². The van der Waals surface area contributed by atoms with Gasteiger partial charge in [0, 0.05) is 44.5 Å². The molecule has 2 heterocycles. The van der Waals surface area contributed by atoms with Crippen molar-refractivity contribution in [3.05, 3.63) is 24.1 Å². The van der Waals surface area contributed by atoms with E-state index in [0.29, 0.717) is 11.9 Å². The Morgan fingerprint density at radius 2 is 2.26 bits per heavy atom. The summed E-state index contributed by atoms with van der Waals surface area (Å²) in [5, 5.41) is 6.79. The molecule has 2 N–H and O–H groups in total. The fraction of sp³-hybridized carbons (Fsp3) is 0.684. The normalized spacial score (nSPS) is 18.4. The van der Waals surface area contributed by atoms with Gasteiger partial charge in [-0.3, -0.25) is 4.99 Å². The number of hydrogen-bond donors (Lipinski definition) is 2. The lowest BCUT2D eigenvalue weighted by Gasteiger charge is -2.23. The van der Waals surface area contributed by atoms with Gasteiger partial charge in [0.05, 0.1) is 6.54 Å². The molecule has 0 bridgehead atoms. The number of likely N-dealkylation sites (N-methyl/N-ethyl adjacent to an activating group) is 1. The van der Waals surface area contributed by atoms with Crippen molar-refractivity contribution in [2.24, 2.45) is 4.99 Å². The van der Waals surface area contributed by atoms with Gasteiger partial charge in [-0.1, -0.05) is 6.92 Å². The number of aromatic nitrogens is 1. The summed E-state index contributed by atoms with van der Waals surface area (Å²) in [7, 11) is 2.14. The SMILES string of the molecule is CCNC(=NCCN(C)C(C)CC)NC1CCN(c2ncccc2F)C1.I. The molecule has 0 saturated carbocycles. The lowest BCUT2D eigenvalue weighted by molar-refractivity contribution is 0.259. The molecule has 2 atom stereocenters. The molecule has 1 aliphatic heterocycles. The number of nitrogens with one attached hydrogen (secondary N) is 2. The van der Waals surface area contributed by atoms with Crippen LogP contribution in [-0.2, 0) is 0 Å². The molecule has 1 aliphatic rings. The third-order valence-electron chi connectivity index (χ3n) is 4.98. The van der Waals surface area contributed by atoms with Crippen molar-refractivity contribution in [2.45, 2.75) is 45.7 Å². The highest BCUT2D eigenvalue weighted by atomic mass is 127. The van der Waals surface area contributed by atoms with Crippen molar-refractivity contribution in [1.82, 2.24) is 20.5 Å². The summed E-state index contributed by atoms with van der Waals surface area (Å²) < 4.78 is 13.9. The molecule has 0 amide bonds. The number of pyridine rings is 1. The molecule has 1 fully saturated rings. The predicted octanol–water partition coefficient (Wildman–Crippen LogP) is 2.70. The Labute approximate surface area is 180 Å². The van der Waals surface area contributed by atoms with E-state index in [1.807, 2.05) is 4.90 Å². The van der Waals surface area contributed by atoms with E-state index >= 15 is 0 Å². The van der Waals surface area contributed by atoms with E-state index in [0.717, 1.165) is 51.5 Å². The molecule has 2 unspecified atom stereocenters. The highest BCUT2D eigenvalue weighted by molar-refractivity contribution is 14.0. The molecule has 27 heavy (non-hydrogen) atoms. The lowest BCUT2D eigenvalue weighted by atomic mass is 10.2. The third kappa shape index (κ3) is 7.40. The molecule has 2 rings (SSSR count). The summed E-state index contributed by atoms with van der Waals surface area (Å²) in [6, 6.07) is 3.89. The molecule has 0 aromatic carbocycles. The molecule has 6 nitrogen and oxygen atoms in total. The summed E-state index contributed by atoms with van der Waals surface area (Å²) in [4.78, 5) is 13.2. The van der Waals surface area contributed by atoms with Gasteiger partial charge in [0.15, 0.2) is 17.6 Å². The minimum atomic E-state index is -0.262. The minimum Gasteiger partial charge on any atom is -0.357 e. The van der Waals surface area contributed by atoms with E-state index in [2.05, 4.69) is 48.3 Å². The van der Waals surface area contributed by atoms with Gasteiger partial charge >= 0.3 is 0 Å². The Kier molecular flexibility index (Phi) is 10.9. The molecular weight excluding hydrogens is 458 g/mol. The Bertz CT molecular complexity index is 585. The number of rotatable bonds is 8. The molecule has 1 aromatic rings. The Morgan fingerprint density at radius 1 is 1.48 bits per heavy atom. The van der Waals surface area contributed by atoms with E-state index in [9.17, 15) is 4.39 Å². The number of aliphatic imine (C=N–C) groups is 1. The first-order valence-corrected chi connectivity index (χ1v) is 9.65. The van der Waals surface area contributed by atoms with Crippen LogP contribution in [0.4, 0.5) is 10.2 Å². The molecule has 154 valence electrons. The number of halogens is 2. The molecule has 0 aliphatic carbocycles. The third-order valence-corrected chi connectivity index (χ3v) is 4.98. The monoisotopic (exact) mass is 492 g/mol. The van der Waals surface area contributed by atoms with Gasteiger partial charge in [0.2, 0.25) is 0 Å². The number of anilines is 1. The Balaban J connectivity index is 0.00000364. The van der Waals surface area contributed by atoms with Crippen LogP contribution in [0, 0.1) is 5.82 Å². The maximum atomic E-state index is 13.9. The summed E-state index contributed by atoms with van der Waals surface area (Å²) >= 11 is 0. The van der Waals surface area contributed by atoms with Gasteiger partial charge in [-0.15, -0.1) is 24.0 Å². The molecule has 1 saturated heterocycles. The average Bonchev–Trinajstić information content (AvgIpc) is 3.09. The summed E-state index contributed by atoms with van der Waals surface area (Å²) in [5.41, 5.74) is 0. The van der Waals surface area contributed by atoms with Gasteiger partial charge < -0.3 is 20.4 Å². The quantitative estimate of drug-likeness (QED) is 0.332. The molecule has 8 heteroatoms. The van der Waals surface area contributed by atoms with Crippen molar-refractivity contribution in [3.8, 4) is 0 Å². The van der Waals surface area contributed by atoms with Crippen LogP contribution in [0.2, 0.25) is 0 Å². The number of hydrogen-bond acceptors (Lipinski definition) is 4. The van der Waals surface area contributed by atoms with Crippen LogP contribution in [-0.4, -0.2) is 67.7 Å². The zero-order valence-corrected chi connectivity index (χ0v) is 19.2. The maximum absolute atomic E-state index is 13.9. The Hall–Kier alpha value is -1.16. The standard InChI is InChI=1S/C19H33FN6.HI/c1-5-15(3)25(4)13-11-23-19(21-6-2)24-16-9-12-26(14-16)18-17(20)8-7-10-22-18;/h7-8,10,15-16H,5-6,9,11-14H2,1-4H3,(H2,21,23,24);1H. The van der Waals surface area contributed by atoms with Gasteiger partial charge in [0.1, 0.15) is 0 Å². The van der Waals surface area contributed by atoms with E-state index in [1.165, 1.54) is 6.07 Å². The van der Waals surface area contributed by atoms with E-state index < -0.39 is 0 Å². The first-order valence-electron chi connectivity index (χ1n) is 9.65. The molecular formula is C19H34FIN6. The minimum absolute atomic E-state index is 0. The van der Waals surface area contributed by atoms with Crippen LogP contribution in [0.1, 0.15) is 33.6 Å². The van der Waals surface area contributed by atoms with Crippen LogP contribution in [0.25, 0.3) is 0 Å². The van der Waals surface area contributed by atoms with Crippen LogP contribution in [0.15, 0.2) is 23.3 Å². The zero-order chi connectivity index (χ0) is 18.9. The van der Waals surface area contributed by atoms with Crippen molar-refractivity contribution < 1.29 is 4.39 Å². The maximum Gasteiger partial charge on any atom is 0.191 e. The second-order valence-corrected chi connectivity index (χ2v) is 6.88. The summed E-state index contributed by atoms with van der Waals surface area (Å²) in [6.07, 6.45) is 3.71. The highest BCUT2D eigenvalue weighted by Crippen LogP contribution is 2.20. The summed E-state index contributed by atoms with van der Waals surface area (Å²) in [6.45, 7) is 10.5. The molecule has 0 spiro atoms. The fourth-order valence-electron chi connectivity index (χ4n) is 3.05. The van der Waals surface area contributed by atoms with Gasteiger partial charge in [-0.05, 0) is 45.9 Å². The largest absolute Gasteiger partial charge is 0.357 e. The number of nitrogens with zero attached hydrogens (tertiary/aromatic N) is 4. The van der Waals surface area contributed by atoms with Crippen molar-refractivity contribution in [1.29, 1.82) is 0 Å². The van der Waals surface area contributed by atoms with Crippen molar-refractivity contribution in [3.63, 3.8) is 0 Å². The fourth-order valence-corrected chi connectivity index (χ4v) is 3.05. The van der Waals surface area contributed by atoms with Crippen LogP contribution in [0.5, 0.6) is 0 Å². The van der Waals surface area contributed by atoms with Gasteiger partial charge in [0.25, 0.3) is 0 Å². The highest BCUT2D eigenvalue weighted by Gasteiger charge is 2.25. The van der Waals surface area contributed by atoms with Gasteiger partial charge in [-0.25, -0.2) is 9.37 Å². The average molecular weight is 492 g/mol. The topological polar surface area (TPSA) is 55.8 Å². The van der Waals surface area contributed by atoms with E-state index in [4.69, 9.17) is 4.99 Å². The summed E-state index contributed by atoms with van der Waals surface area (Å²) in [5.74, 6) is 1.01. The smallest absolute Gasteiger partial charge is 0.191 e. The van der Waals surface area contributed by atoms with Crippen LogP contribution < -0.4 is 15.5 Å². The lowest BCUT2D eigenvalue weighted by Crippen LogP contribution is -2.45. The van der Waals surface area contributed by atoms with Gasteiger partial charge in [-0.2, -0.15) is 0 Å².